The van der Waals surface area contributed by atoms with Crippen LogP contribution in [0.1, 0.15) is 42.4 Å². The van der Waals surface area contributed by atoms with Crippen LogP contribution in [0.25, 0.3) is 0 Å². The molecule has 1 N–H and O–H groups in total. The minimum Gasteiger partial charge on any atom is -0.489 e. The molecular weight excluding hydrogens is 266 g/mol. The maximum absolute atomic E-state index is 11.1. The molecule has 0 atom stereocenters. The van der Waals surface area contributed by atoms with Gasteiger partial charge in [-0.2, -0.15) is 0 Å². The van der Waals surface area contributed by atoms with Gasteiger partial charge >= 0.3 is 5.97 Å². The monoisotopic (exact) mass is 285 g/mol. The third-order valence-electron chi connectivity index (χ3n) is 3.19. The van der Waals surface area contributed by atoms with Gasteiger partial charge in [-0.3, -0.25) is 0 Å². The van der Waals surface area contributed by atoms with Crippen molar-refractivity contribution in [2.75, 3.05) is 0 Å². The summed E-state index contributed by atoms with van der Waals surface area (Å²) in [5.41, 5.74) is 1.81. The Hall–Kier alpha value is -2.36. The Labute approximate surface area is 124 Å². The second kappa shape index (κ2) is 5.95. The van der Waals surface area contributed by atoms with Crippen LogP contribution in [0.2, 0.25) is 0 Å². The van der Waals surface area contributed by atoms with E-state index >= 15 is 0 Å². The molecule has 2 aromatic rings. The van der Waals surface area contributed by atoms with Gasteiger partial charge in [0.1, 0.15) is 12.4 Å². The van der Waals surface area contributed by atoms with E-state index in [0.29, 0.717) is 5.56 Å². The molecule has 0 spiro atoms. The molecule has 0 aliphatic carbocycles. The number of carbonyl (C=O) groups is 1. The molecule has 0 aliphatic heterocycles. The van der Waals surface area contributed by atoms with E-state index in [1.54, 1.807) is 12.1 Å². The highest BCUT2D eigenvalue weighted by molar-refractivity contribution is 5.86. The average Bonchev–Trinajstić information content (AvgIpc) is 2.45. The van der Waals surface area contributed by atoms with Crippen molar-refractivity contribution in [3.8, 4) is 5.75 Å². The fourth-order valence-electron chi connectivity index (χ4n) is 1.96. The highest BCUT2D eigenvalue weighted by atomic mass is 16.5. The van der Waals surface area contributed by atoms with Crippen molar-refractivity contribution in [1.29, 1.82) is 0 Å². The summed E-state index contributed by atoms with van der Waals surface area (Å²) in [6.45, 7) is 6.59. The van der Waals surface area contributed by atoms with E-state index in [4.69, 9.17) is 9.84 Å². The van der Waals surface area contributed by atoms with E-state index in [1.165, 1.54) is 11.8 Å². The van der Waals surface area contributed by atoms with Crippen molar-refractivity contribution >= 4 is 5.97 Å². The van der Waals surface area contributed by atoms with Crippen LogP contribution in [0.4, 0.5) is 0 Å². The Balaban J connectivity index is 2.16. The van der Waals surface area contributed by atoms with Crippen LogP contribution in [0, 0.1) is 0 Å². The smallest absolute Gasteiger partial charge is 0.354 e. The van der Waals surface area contributed by atoms with Crippen molar-refractivity contribution < 1.29 is 14.6 Å². The van der Waals surface area contributed by atoms with E-state index < -0.39 is 5.97 Å². The second-order valence-electron chi connectivity index (χ2n) is 5.88. The molecule has 4 nitrogen and oxygen atoms in total. The van der Waals surface area contributed by atoms with Gasteiger partial charge in [0, 0.05) is 11.8 Å². The lowest BCUT2D eigenvalue weighted by Crippen LogP contribution is -2.11. The summed E-state index contributed by atoms with van der Waals surface area (Å²) in [4.78, 5) is 15.0. The predicted molar refractivity (Wildman–Crippen MR) is 80.7 cm³/mol. The summed E-state index contributed by atoms with van der Waals surface area (Å²) in [7, 11) is 0. The lowest BCUT2D eigenvalue weighted by Gasteiger charge is -2.19. The number of aromatic nitrogens is 1. The third-order valence-corrected chi connectivity index (χ3v) is 3.19. The summed E-state index contributed by atoms with van der Waals surface area (Å²) >= 11 is 0. The number of ether oxygens (including phenoxy) is 1. The van der Waals surface area contributed by atoms with Crippen LogP contribution < -0.4 is 4.74 Å². The molecule has 110 valence electrons. The zero-order valence-electron chi connectivity index (χ0n) is 12.5. The van der Waals surface area contributed by atoms with Gasteiger partial charge in [-0.05, 0) is 29.2 Å². The number of rotatable bonds is 4. The van der Waals surface area contributed by atoms with Crippen molar-refractivity contribution in [3.05, 3.63) is 59.4 Å². The standard InChI is InChI=1S/C17H19NO3/c1-17(2,3)13-7-4-8-14(10-13)21-11-12-6-5-9-18-15(12)16(19)20/h4-10H,11H2,1-3H3,(H,19,20). The highest BCUT2D eigenvalue weighted by Gasteiger charge is 2.15. The van der Waals surface area contributed by atoms with Crippen LogP contribution in [0.15, 0.2) is 42.6 Å². The molecule has 0 saturated carbocycles. The fraction of sp³-hybridized carbons (Fsp3) is 0.294. The molecule has 0 bridgehead atoms. The summed E-state index contributed by atoms with van der Waals surface area (Å²) < 4.78 is 5.72. The van der Waals surface area contributed by atoms with Gasteiger partial charge in [0.15, 0.2) is 5.69 Å². The lowest BCUT2D eigenvalue weighted by molar-refractivity contribution is 0.0687. The molecule has 1 aromatic carbocycles. The van der Waals surface area contributed by atoms with E-state index in [1.807, 2.05) is 18.2 Å². The predicted octanol–water partition coefficient (Wildman–Crippen LogP) is 3.66. The Morgan fingerprint density at radius 3 is 2.67 bits per heavy atom. The van der Waals surface area contributed by atoms with Gasteiger partial charge in [-0.25, -0.2) is 9.78 Å². The molecule has 0 amide bonds. The Kier molecular flexibility index (Phi) is 4.26. The molecule has 1 aromatic heterocycles. The summed E-state index contributed by atoms with van der Waals surface area (Å²) in [6, 6.07) is 11.3. The number of carboxylic acids is 1. The van der Waals surface area contributed by atoms with Crippen LogP contribution in [0.5, 0.6) is 5.75 Å². The summed E-state index contributed by atoms with van der Waals surface area (Å²) in [6.07, 6.45) is 1.47. The Bertz CT molecular complexity index is 644. The SMILES string of the molecule is CC(C)(C)c1cccc(OCc2cccnc2C(=O)O)c1. The zero-order chi connectivity index (χ0) is 15.5. The van der Waals surface area contributed by atoms with Crippen LogP contribution in [-0.2, 0) is 12.0 Å². The molecule has 0 radical (unpaired) electrons. The highest BCUT2D eigenvalue weighted by Crippen LogP contribution is 2.26. The molecule has 0 unspecified atom stereocenters. The second-order valence-corrected chi connectivity index (χ2v) is 5.88. The average molecular weight is 285 g/mol. The summed E-state index contributed by atoms with van der Waals surface area (Å²) in [5.74, 6) is -0.319. The Morgan fingerprint density at radius 1 is 1.24 bits per heavy atom. The van der Waals surface area contributed by atoms with Crippen molar-refractivity contribution in [2.45, 2.75) is 32.8 Å². The number of benzene rings is 1. The number of nitrogens with zero attached hydrogens (tertiary/aromatic N) is 1. The van der Waals surface area contributed by atoms with Gasteiger partial charge in [-0.15, -0.1) is 0 Å². The minimum absolute atomic E-state index is 0.0319. The maximum atomic E-state index is 11.1. The lowest BCUT2D eigenvalue weighted by atomic mass is 9.87. The molecule has 1 heterocycles. The van der Waals surface area contributed by atoms with Gasteiger partial charge in [0.25, 0.3) is 0 Å². The molecule has 2 rings (SSSR count). The quantitative estimate of drug-likeness (QED) is 0.931. The molecule has 4 heteroatoms. The zero-order valence-corrected chi connectivity index (χ0v) is 12.5. The first-order valence-electron chi connectivity index (χ1n) is 6.78. The van der Waals surface area contributed by atoms with Crippen LogP contribution in [0.3, 0.4) is 0 Å². The van der Waals surface area contributed by atoms with Crippen molar-refractivity contribution in [3.63, 3.8) is 0 Å². The number of hydrogen-bond donors (Lipinski definition) is 1. The van der Waals surface area contributed by atoms with E-state index in [2.05, 4.69) is 31.8 Å². The molecule has 0 saturated heterocycles. The molecular formula is C17H19NO3. The number of pyridine rings is 1. The largest absolute Gasteiger partial charge is 0.489 e. The van der Waals surface area contributed by atoms with Crippen molar-refractivity contribution in [1.82, 2.24) is 4.98 Å². The molecule has 0 aliphatic rings. The number of hydrogen-bond acceptors (Lipinski definition) is 3. The first kappa shape index (κ1) is 15.0. The van der Waals surface area contributed by atoms with Gasteiger partial charge in [-0.1, -0.05) is 39.0 Å². The van der Waals surface area contributed by atoms with E-state index in [-0.39, 0.29) is 17.7 Å². The number of carboxylic acid groups (broad SMARTS) is 1. The fourth-order valence-corrected chi connectivity index (χ4v) is 1.96. The van der Waals surface area contributed by atoms with Gasteiger partial charge < -0.3 is 9.84 Å². The summed E-state index contributed by atoms with van der Waals surface area (Å²) in [5, 5.41) is 9.10. The number of aromatic carboxylic acids is 1. The minimum atomic E-state index is -1.04. The van der Waals surface area contributed by atoms with Crippen LogP contribution in [-0.4, -0.2) is 16.1 Å². The maximum Gasteiger partial charge on any atom is 0.354 e. The van der Waals surface area contributed by atoms with Gasteiger partial charge in [0.2, 0.25) is 0 Å². The topological polar surface area (TPSA) is 59.4 Å². The van der Waals surface area contributed by atoms with Crippen molar-refractivity contribution in [2.24, 2.45) is 0 Å². The van der Waals surface area contributed by atoms with Gasteiger partial charge in [0.05, 0.1) is 0 Å². The van der Waals surface area contributed by atoms with E-state index in [0.717, 1.165) is 5.75 Å². The van der Waals surface area contributed by atoms with E-state index in [9.17, 15) is 4.79 Å². The molecule has 0 fully saturated rings. The normalized spacial score (nSPS) is 11.2. The molecule has 21 heavy (non-hydrogen) atoms. The first-order valence-corrected chi connectivity index (χ1v) is 6.78. The first-order chi connectivity index (χ1) is 9.88. The van der Waals surface area contributed by atoms with Crippen LogP contribution >= 0.6 is 0 Å². The Morgan fingerprint density at radius 2 is 2.00 bits per heavy atom. The third kappa shape index (κ3) is 3.81.